The van der Waals surface area contributed by atoms with Crippen molar-refractivity contribution in [3.8, 4) is 0 Å². The second-order valence-electron chi connectivity index (χ2n) is 5.38. The highest BCUT2D eigenvalue weighted by Crippen LogP contribution is 2.29. The van der Waals surface area contributed by atoms with Crippen molar-refractivity contribution in [1.82, 2.24) is 10.4 Å². The first-order valence-corrected chi connectivity index (χ1v) is 5.08. The lowest BCUT2D eigenvalue weighted by Gasteiger charge is -2.49. The van der Waals surface area contributed by atoms with Crippen LogP contribution in [0.2, 0.25) is 0 Å². The van der Waals surface area contributed by atoms with Crippen LogP contribution in [0, 0.1) is 0 Å². The van der Waals surface area contributed by atoms with Crippen LogP contribution in [0.5, 0.6) is 0 Å². The first-order chi connectivity index (χ1) is 7.05. The van der Waals surface area contributed by atoms with Crippen molar-refractivity contribution in [2.24, 2.45) is 0 Å². The molecule has 0 aliphatic carbocycles. The van der Waals surface area contributed by atoms with Crippen molar-refractivity contribution < 1.29 is 19.5 Å². The predicted molar refractivity (Wildman–Crippen MR) is 55.9 cm³/mol. The summed E-state index contributed by atoms with van der Waals surface area (Å²) in [5, 5.41) is 12.3. The van der Waals surface area contributed by atoms with Gasteiger partial charge in [0.25, 0.3) is 5.91 Å². The van der Waals surface area contributed by atoms with E-state index in [-0.39, 0.29) is 0 Å². The third-order valence-electron chi connectivity index (χ3n) is 2.37. The molecule has 16 heavy (non-hydrogen) atoms. The number of amides is 2. The van der Waals surface area contributed by atoms with Gasteiger partial charge in [-0.05, 0) is 34.6 Å². The van der Waals surface area contributed by atoms with Crippen LogP contribution < -0.4 is 5.32 Å². The van der Waals surface area contributed by atoms with E-state index in [1.54, 1.807) is 34.6 Å². The zero-order valence-electron chi connectivity index (χ0n) is 10.2. The molecule has 2 N–H and O–H groups in total. The molecule has 92 valence electrons. The lowest BCUT2D eigenvalue weighted by Crippen LogP contribution is -2.75. The molecule has 6 nitrogen and oxygen atoms in total. The van der Waals surface area contributed by atoms with E-state index in [1.807, 2.05) is 0 Å². The second kappa shape index (κ2) is 3.62. The minimum Gasteiger partial charge on any atom is -0.444 e. The maximum atomic E-state index is 11.4. The van der Waals surface area contributed by atoms with Crippen molar-refractivity contribution in [3.05, 3.63) is 0 Å². The Morgan fingerprint density at radius 1 is 1.50 bits per heavy atom. The summed E-state index contributed by atoms with van der Waals surface area (Å²) in [7, 11) is 0. The first-order valence-electron chi connectivity index (χ1n) is 5.08. The van der Waals surface area contributed by atoms with Gasteiger partial charge in [0.2, 0.25) is 0 Å². The molecule has 0 aromatic rings. The molecule has 0 radical (unpaired) electrons. The molecular formula is C10H18N2O4. The van der Waals surface area contributed by atoms with E-state index in [0.29, 0.717) is 5.06 Å². The van der Waals surface area contributed by atoms with Gasteiger partial charge in [-0.1, -0.05) is 0 Å². The van der Waals surface area contributed by atoms with Crippen LogP contribution >= 0.6 is 0 Å². The number of β-lactam (4-membered cyclic amide) rings is 1. The average Bonchev–Trinajstić information content (AvgIpc) is 2.09. The van der Waals surface area contributed by atoms with Crippen molar-refractivity contribution in [1.29, 1.82) is 0 Å². The molecule has 1 fully saturated rings. The van der Waals surface area contributed by atoms with Crippen molar-refractivity contribution in [2.45, 2.75) is 51.8 Å². The number of hydrogen-bond donors (Lipinski definition) is 2. The summed E-state index contributed by atoms with van der Waals surface area (Å²) >= 11 is 0. The lowest BCUT2D eigenvalue weighted by molar-refractivity contribution is -0.231. The number of hydrogen-bond acceptors (Lipinski definition) is 4. The van der Waals surface area contributed by atoms with Gasteiger partial charge in [0.1, 0.15) is 11.6 Å². The fourth-order valence-electron chi connectivity index (χ4n) is 1.43. The molecular weight excluding hydrogens is 212 g/mol. The molecule has 2 amide bonds. The number of alkyl carbamates (subject to hydrolysis) is 1. The van der Waals surface area contributed by atoms with Gasteiger partial charge in [0.05, 0.1) is 5.54 Å². The van der Waals surface area contributed by atoms with Crippen LogP contribution in [0.4, 0.5) is 4.79 Å². The number of ether oxygens (including phenoxy) is 1. The van der Waals surface area contributed by atoms with Gasteiger partial charge in [-0.2, -0.15) is 0 Å². The summed E-state index contributed by atoms with van der Waals surface area (Å²) in [5.41, 5.74) is -1.41. The summed E-state index contributed by atoms with van der Waals surface area (Å²) in [6.07, 6.45) is -0.660. The Hall–Kier alpha value is -1.30. The number of carbonyl (C=O) groups excluding carboxylic acids is 2. The molecule has 1 aliphatic heterocycles. The molecule has 0 aromatic carbocycles. The van der Waals surface area contributed by atoms with E-state index in [0.717, 1.165) is 0 Å². The fourth-order valence-corrected chi connectivity index (χ4v) is 1.43. The van der Waals surface area contributed by atoms with Crippen LogP contribution in [0.3, 0.4) is 0 Å². The van der Waals surface area contributed by atoms with Gasteiger partial charge in [-0.3, -0.25) is 10.0 Å². The zero-order chi connectivity index (χ0) is 12.7. The molecule has 0 unspecified atom stereocenters. The van der Waals surface area contributed by atoms with Gasteiger partial charge in [0, 0.05) is 0 Å². The molecule has 1 atom stereocenters. The first kappa shape index (κ1) is 12.8. The highest BCUT2D eigenvalue weighted by atomic mass is 16.6. The van der Waals surface area contributed by atoms with E-state index >= 15 is 0 Å². The number of rotatable bonds is 1. The Morgan fingerprint density at radius 3 is 2.38 bits per heavy atom. The smallest absolute Gasteiger partial charge is 0.408 e. The van der Waals surface area contributed by atoms with Gasteiger partial charge in [0.15, 0.2) is 0 Å². The number of nitrogens with one attached hydrogen (secondary N) is 1. The Bertz CT molecular complexity index is 319. The Labute approximate surface area is 94.5 Å². The molecule has 1 heterocycles. The number of hydroxylamine groups is 2. The molecule has 1 rings (SSSR count). The van der Waals surface area contributed by atoms with Crippen molar-refractivity contribution in [2.75, 3.05) is 0 Å². The standard InChI is InChI=1S/C10H18N2O4/c1-9(2,3)16-8(14)11-6-7(13)12(15)10(6,4)5/h6,15H,1-5H3,(H,11,14)/t6-/m0/s1. The number of carbonyl (C=O) groups is 2. The van der Waals surface area contributed by atoms with Crippen LogP contribution in [0.1, 0.15) is 34.6 Å². The highest BCUT2D eigenvalue weighted by Gasteiger charge is 2.55. The summed E-state index contributed by atoms with van der Waals surface area (Å²) in [4.78, 5) is 22.7. The normalized spacial score (nSPS) is 23.8. The molecule has 0 saturated carbocycles. The minimum absolute atomic E-state index is 0.532. The quantitative estimate of drug-likeness (QED) is 0.518. The van der Waals surface area contributed by atoms with E-state index < -0.39 is 29.2 Å². The minimum atomic E-state index is -0.798. The van der Waals surface area contributed by atoms with Crippen LogP contribution in [-0.2, 0) is 9.53 Å². The molecule has 0 aromatic heterocycles. The third-order valence-corrected chi connectivity index (χ3v) is 2.37. The summed E-state index contributed by atoms with van der Waals surface area (Å²) in [5.74, 6) is -0.532. The van der Waals surface area contributed by atoms with E-state index in [1.165, 1.54) is 0 Å². The molecule has 0 bridgehead atoms. The van der Waals surface area contributed by atoms with E-state index in [9.17, 15) is 14.8 Å². The maximum Gasteiger partial charge on any atom is 0.408 e. The monoisotopic (exact) mass is 230 g/mol. The van der Waals surface area contributed by atoms with Gasteiger partial charge >= 0.3 is 6.09 Å². The number of nitrogens with zero attached hydrogens (tertiary/aromatic N) is 1. The van der Waals surface area contributed by atoms with E-state index in [2.05, 4.69) is 5.32 Å². The second-order valence-corrected chi connectivity index (χ2v) is 5.38. The molecule has 1 aliphatic rings. The topological polar surface area (TPSA) is 78.9 Å². The lowest BCUT2D eigenvalue weighted by atomic mass is 9.85. The summed E-state index contributed by atoms with van der Waals surface area (Å²) < 4.78 is 5.02. The predicted octanol–water partition coefficient (Wildman–Crippen LogP) is 0.890. The van der Waals surface area contributed by atoms with Crippen LogP contribution in [-0.4, -0.2) is 39.5 Å². The van der Waals surface area contributed by atoms with E-state index in [4.69, 9.17) is 4.74 Å². The average molecular weight is 230 g/mol. The fraction of sp³-hybridized carbons (Fsp3) is 0.800. The SMILES string of the molecule is CC(C)(C)OC(=O)N[C@H]1C(=O)N(O)C1(C)C. The van der Waals surface area contributed by atoms with Crippen LogP contribution in [0.15, 0.2) is 0 Å². The highest BCUT2D eigenvalue weighted by molar-refractivity contribution is 5.92. The third kappa shape index (κ3) is 2.27. The Balaban J connectivity index is 2.57. The summed E-state index contributed by atoms with van der Waals surface area (Å²) in [6.45, 7) is 8.50. The molecule has 1 saturated heterocycles. The maximum absolute atomic E-state index is 11.4. The Morgan fingerprint density at radius 2 is 2.00 bits per heavy atom. The Kier molecular flexibility index (Phi) is 2.89. The largest absolute Gasteiger partial charge is 0.444 e. The van der Waals surface area contributed by atoms with Crippen LogP contribution in [0.25, 0.3) is 0 Å². The molecule has 0 spiro atoms. The summed E-state index contributed by atoms with van der Waals surface area (Å²) in [6, 6.07) is -0.743. The molecule has 6 heteroatoms. The van der Waals surface area contributed by atoms with Gasteiger partial charge < -0.3 is 10.1 Å². The van der Waals surface area contributed by atoms with Gasteiger partial charge in [-0.25, -0.2) is 9.86 Å². The van der Waals surface area contributed by atoms with Crippen molar-refractivity contribution >= 4 is 12.0 Å². The zero-order valence-corrected chi connectivity index (χ0v) is 10.2. The van der Waals surface area contributed by atoms with Gasteiger partial charge in [-0.15, -0.1) is 0 Å². The van der Waals surface area contributed by atoms with Crippen molar-refractivity contribution in [3.63, 3.8) is 0 Å².